The van der Waals surface area contributed by atoms with E-state index in [-0.39, 0.29) is 18.3 Å². The van der Waals surface area contributed by atoms with E-state index in [1.807, 2.05) is 36.7 Å². The number of carbonyl (C=O) groups excluding carboxylic acids is 1. The summed E-state index contributed by atoms with van der Waals surface area (Å²) < 4.78 is 14.7. The normalized spacial score (nSPS) is 10.3. The summed E-state index contributed by atoms with van der Waals surface area (Å²) in [7, 11) is 0. The molecule has 0 bridgehead atoms. The SMILES string of the molecule is Cc1ccc[n+](CC(=O)NCc2ccc(F)cc2)c1C. The molecule has 0 unspecified atom stereocenters. The van der Waals surface area contributed by atoms with Crippen LogP contribution >= 0.6 is 0 Å². The number of nitrogens with one attached hydrogen (secondary N) is 1. The summed E-state index contributed by atoms with van der Waals surface area (Å²) in [6.07, 6.45) is 1.89. The molecule has 1 heterocycles. The van der Waals surface area contributed by atoms with Crippen LogP contribution in [0.4, 0.5) is 4.39 Å². The number of benzene rings is 1. The van der Waals surface area contributed by atoms with Crippen LogP contribution < -0.4 is 9.88 Å². The van der Waals surface area contributed by atoms with Crippen LogP contribution in [0.5, 0.6) is 0 Å². The lowest BCUT2D eigenvalue weighted by molar-refractivity contribution is -0.690. The largest absolute Gasteiger partial charge is 0.347 e. The van der Waals surface area contributed by atoms with Gasteiger partial charge in [-0.2, -0.15) is 4.57 Å². The van der Waals surface area contributed by atoms with Crippen LogP contribution in [0.25, 0.3) is 0 Å². The molecule has 0 aliphatic carbocycles. The Morgan fingerprint density at radius 2 is 1.90 bits per heavy atom. The van der Waals surface area contributed by atoms with Crippen LogP contribution in [-0.4, -0.2) is 5.91 Å². The van der Waals surface area contributed by atoms with E-state index in [0.29, 0.717) is 6.54 Å². The van der Waals surface area contributed by atoms with Gasteiger partial charge in [0.25, 0.3) is 5.91 Å². The molecular formula is C16H18FN2O+. The summed E-state index contributed by atoms with van der Waals surface area (Å²) in [4.78, 5) is 11.9. The number of aromatic nitrogens is 1. The smallest absolute Gasteiger partial charge is 0.286 e. The third-order valence-electron chi connectivity index (χ3n) is 3.33. The Kier molecular flexibility index (Phi) is 4.45. The van der Waals surface area contributed by atoms with E-state index in [1.54, 1.807) is 12.1 Å². The molecule has 4 heteroatoms. The molecule has 0 saturated heterocycles. The molecule has 20 heavy (non-hydrogen) atoms. The Morgan fingerprint density at radius 3 is 2.60 bits per heavy atom. The van der Waals surface area contributed by atoms with Crippen LogP contribution in [0, 0.1) is 19.7 Å². The number of hydrogen-bond acceptors (Lipinski definition) is 1. The maximum atomic E-state index is 12.8. The first-order chi connectivity index (χ1) is 9.56. The lowest BCUT2D eigenvalue weighted by Crippen LogP contribution is -2.45. The summed E-state index contributed by atoms with van der Waals surface area (Å²) in [5.74, 6) is -0.334. The van der Waals surface area contributed by atoms with Gasteiger partial charge in [-0.25, -0.2) is 4.39 Å². The minimum atomic E-state index is -0.272. The lowest BCUT2D eigenvalue weighted by Gasteiger charge is -2.05. The van der Waals surface area contributed by atoms with E-state index in [9.17, 15) is 9.18 Å². The third-order valence-corrected chi connectivity index (χ3v) is 3.33. The summed E-state index contributed by atoms with van der Waals surface area (Å²) in [5, 5.41) is 2.83. The van der Waals surface area contributed by atoms with Crippen molar-refractivity contribution in [1.82, 2.24) is 5.32 Å². The van der Waals surface area contributed by atoms with E-state index < -0.39 is 0 Å². The van der Waals surface area contributed by atoms with E-state index in [2.05, 4.69) is 5.32 Å². The van der Waals surface area contributed by atoms with Crippen molar-refractivity contribution in [3.8, 4) is 0 Å². The monoisotopic (exact) mass is 273 g/mol. The van der Waals surface area contributed by atoms with Crippen molar-refractivity contribution in [2.24, 2.45) is 0 Å². The van der Waals surface area contributed by atoms with Gasteiger partial charge >= 0.3 is 0 Å². The number of amides is 1. The summed E-state index contributed by atoms with van der Waals surface area (Å²) in [5.41, 5.74) is 3.11. The molecule has 0 saturated carbocycles. The van der Waals surface area contributed by atoms with E-state index >= 15 is 0 Å². The van der Waals surface area contributed by atoms with Gasteiger partial charge in [-0.3, -0.25) is 4.79 Å². The topological polar surface area (TPSA) is 33.0 Å². The van der Waals surface area contributed by atoms with E-state index in [1.165, 1.54) is 12.1 Å². The first-order valence-corrected chi connectivity index (χ1v) is 6.53. The molecule has 0 aliphatic rings. The molecule has 2 aromatic rings. The molecule has 1 amide bonds. The zero-order valence-corrected chi connectivity index (χ0v) is 11.7. The van der Waals surface area contributed by atoms with Crippen LogP contribution in [0.2, 0.25) is 0 Å². The zero-order chi connectivity index (χ0) is 14.5. The minimum Gasteiger partial charge on any atom is -0.347 e. The molecule has 0 radical (unpaired) electrons. The first kappa shape index (κ1) is 14.2. The van der Waals surface area contributed by atoms with Gasteiger partial charge in [-0.1, -0.05) is 12.1 Å². The van der Waals surface area contributed by atoms with Crippen molar-refractivity contribution in [3.05, 3.63) is 65.2 Å². The molecule has 1 aromatic heterocycles. The highest BCUT2D eigenvalue weighted by Gasteiger charge is 2.13. The van der Waals surface area contributed by atoms with Crippen molar-refractivity contribution < 1.29 is 13.8 Å². The molecule has 3 nitrogen and oxygen atoms in total. The predicted molar refractivity (Wildman–Crippen MR) is 74.4 cm³/mol. The second-order valence-corrected chi connectivity index (χ2v) is 4.81. The zero-order valence-electron chi connectivity index (χ0n) is 11.7. The number of carbonyl (C=O) groups is 1. The van der Waals surface area contributed by atoms with Gasteiger partial charge in [0.1, 0.15) is 5.82 Å². The van der Waals surface area contributed by atoms with Crippen molar-refractivity contribution in [1.29, 1.82) is 0 Å². The number of rotatable bonds is 4. The van der Waals surface area contributed by atoms with Crippen molar-refractivity contribution >= 4 is 5.91 Å². The van der Waals surface area contributed by atoms with Crippen LogP contribution in [-0.2, 0) is 17.9 Å². The van der Waals surface area contributed by atoms with E-state index in [4.69, 9.17) is 0 Å². The van der Waals surface area contributed by atoms with Crippen molar-refractivity contribution in [2.45, 2.75) is 26.9 Å². The fourth-order valence-corrected chi connectivity index (χ4v) is 1.93. The molecule has 0 fully saturated rings. The number of halogens is 1. The molecule has 0 spiro atoms. The number of pyridine rings is 1. The summed E-state index contributed by atoms with van der Waals surface area (Å²) in [6.45, 7) is 4.70. The van der Waals surface area contributed by atoms with E-state index in [0.717, 1.165) is 16.8 Å². The standard InChI is InChI=1S/C16H17FN2O/c1-12-4-3-9-19(13(12)2)11-16(20)18-10-14-5-7-15(17)8-6-14/h3-9H,10-11H2,1-2H3/p+1. The predicted octanol–water partition coefficient (Wildman–Crippen LogP) is 2.05. The second kappa shape index (κ2) is 6.28. The molecule has 0 atom stereocenters. The average Bonchev–Trinajstić information content (AvgIpc) is 2.43. The van der Waals surface area contributed by atoms with Gasteiger partial charge in [-0.05, 0) is 30.7 Å². The molecule has 1 N–H and O–H groups in total. The number of nitrogens with zero attached hydrogens (tertiary/aromatic N) is 1. The van der Waals surface area contributed by atoms with Crippen LogP contribution in [0.3, 0.4) is 0 Å². The second-order valence-electron chi connectivity index (χ2n) is 4.81. The van der Waals surface area contributed by atoms with Gasteiger partial charge in [-0.15, -0.1) is 0 Å². The fourth-order valence-electron chi connectivity index (χ4n) is 1.93. The maximum absolute atomic E-state index is 12.8. The minimum absolute atomic E-state index is 0.0620. The van der Waals surface area contributed by atoms with Crippen LogP contribution in [0.1, 0.15) is 16.8 Å². The highest BCUT2D eigenvalue weighted by Crippen LogP contribution is 2.02. The molecule has 1 aromatic carbocycles. The van der Waals surface area contributed by atoms with Gasteiger partial charge < -0.3 is 5.32 Å². The highest BCUT2D eigenvalue weighted by atomic mass is 19.1. The Hall–Kier alpha value is -2.23. The fraction of sp³-hybridized carbons (Fsp3) is 0.250. The summed E-state index contributed by atoms with van der Waals surface area (Å²) >= 11 is 0. The average molecular weight is 273 g/mol. The van der Waals surface area contributed by atoms with Gasteiger partial charge in [0.05, 0.1) is 0 Å². The Morgan fingerprint density at radius 1 is 1.20 bits per heavy atom. The Balaban J connectivity index is 1.92. The molecule has 2 rings (SSSR count). The number of hydrogen-bond donors (Lipinski definition) is 1. The van der Waals surface area contributed by atoms with Gasteiger partial charge in [0, 0.05) is 25.1 Å². The van der Waals surface area contributed by atoms with Crippen molar-refractivity contribution in [2.75, 3.05) is 0 Å². The third kappa shape index (κ3) is 3.63. The van der Waals surface area contributed by atoms with Gasteiger partial charge in [0.2, 0.25) is 6.54 Å². The Labute approximate surface area is 118 Å². The molecule has 104 valence electrons. The quantitative estimate of drug-likeness (QED) is 0.850. The lowest BCUT2D eigenvalue weighted by atomic mass is 10.2. The van der Waals surface area contributed by atoms with Crippen molar-refractivity contribution in [3.63, 3.8) is 0 Å². The number of aryl methyl sites for hydroxylation is 1. The van der Waals surface area contributed by atoms with Crippen LogP contribution in [0.15, 0.2) is 42.6 Å². The highest BCUT2D eigenvalue weighted by molar-refractivity contribution is 5.74. The van der Waals surface area contributed by atoms with Gasteiger partial charge in [0.15, 0.2) is 11.9 Å². The maximum Gasteiger partial charge on any atom is 0.286 e. The summed E-state index contributed by atoms with van der Waals surface area (Å²) in [6, 6.07) is 10.1. The Bertz CT molecular complexity index is 608. The molecule has 0 aliphatic heterocycles. The molecular weight excluding hydrogens is 255 g/mol. The first-order valence-electron chi connectivity index (χ1n) is 6.53.